The minimum atomic E-state index is -0.323. The second kappa shape index (κ2) is 33.3. The van der Waals surface area contributed by atoms with E-state index in [2.05, 4.69) is 81.2 Å². The third kappa shape index (κ3) is 26.4. The van der Waals surface area contributed by atoms with Gasteiger partial charge in [-0.05, 0) is 96.6 Å². The topological polar surface area (TPSA) is 21.7 Å². The maximum absolute atomic E-state index is 6.76. The van der Waals surface area contributed by atoms with Crippen LogP contribution in [0.25, 0.3) is 0 Å². The molecule has 1 rings (SSSR count). The van der Waals surface area contributed by atoms with E-state index in [1.807, 2.05) is 0 Å². The van der Waals surface area contributed by atoms with E-state index in [-0.39, 0.29) is 11.9 Å². The number of nitrogens with zero attached hydrogens (tertiary/aromatic N) is 1. The van der Waals surface area contributed by atoms with Gasteiger partial charge in [0.1, 0.15) is 0 Å². The summed E-state index contributed by atoms with van der Waals surface area (Å²) in [5.74, 6) is -0.323. The number of ether oxygens (including phenoxy) is 2. The Balaban J connectivity index is 2.25. The first-order valence-corrected chi connectivity index (χ1v) is 20.8. The number of allylic oxidation sites excluding steroid dienone is 8. The van der Waals surface area contributed by atoms with Gasteiger partial charge in [0, 0.05) is 19.4 Å². The van der Waals surface area contributed by atoms with E-state index in [1.54, 1.807) is 0 Å². The molecule has 0 radical (unpaired) electrons. The van der Waals surface area contributed by atoms with Crippen molar-refractivity contribution in [3.8, 4) is 0 Å². The predicted octanol–water partition coefficient (Wildman–Crippen LogP) is 13.8. The summed E-state index contributed by atoms with van der Waals surface area (Å²) >= 11 is 0. The number of hydrogen-bond donors (Lipinski definition) is 0. The lowest BCUT2D eigenvalue weighted by atomic mass is 9.98. The first kappa shape index (κ1) is 43.9. The van der Waals surface area contributed by atoms with Crippen LogP contribution in [0.15, 0.2) is 48.6 Å². The van der Waals surface area contributed by atoms with Gasteiger partial charge in [0.05, 0.1) is 12.7 Å². The van der Waals surface area contributed by atoms with Crippen LogP contribution in [-0.2, 0) is 9.47 Å². The maximum atomic E-state index is 6.76. The Morgan fingerprint density at radius 3 is 1.34 bits per heavy atom. The molecule has 0 aliphatic carbocycles. The van der Waals surface area contributed by atoms with Crippen LogP contribution in [0.3, 0.4) is 0 Å². The van der Waals surface area contributed by atoms with Gasteiger partial charge in [-0.25, -0.2) is 0 Å². The summed E-state index contributed by atoms with van der Waals surface area (Å²) < 4.78 is 13.3. The summed E-state index contributed by atoms with van der Waals surface area (Å²) in [4.78, 5) is 2.51. The molecule has 3 nitrogen and oxygen atoms in total. The molecule has 2 atom stereocenters. The zero-order valence-corrected chi connectivity index (χ0v) is 32.2. The summed E-state index contributed by atoms with van der Waals surface area (Å²) in [6, 6.07) is 0. The summed E-state index contributed by atoms with van der Waals surface area (Å²) in [6.07, 6.45) is 51.9. The van der Waals surface area contributed by atoms with E-state index in [4.69, 9.17) is 9.47 Å². The molecule has 0 aromatic rings. The third-order valence-corrected chi connectivity index (χ3v) is 9.84. The Labute approximate surface area is 295 Å². The zero-order valence-electron chi connectivity index (χ0n) is 32.2. The normalized spacial score (nSPS) is 18.9. The summed E-state index contributed by atoms with van der Waals surface area (Å²) in [7, 11) is 0. The highest BCUT2D eigenvalue weighted by Crippen LogP contribution is 2.35. The smallest absolute Gasteiger partial charge is 0.168 e. The van der Waals surface area contributed by atoms with Crippen LogP contribution < -0.4 is 0 Å². The molecule has 1 aliphatic rings. The van der Waals surface area contributed by atoms with E-state index in [0.29, 0.717) is 0 Å². The third-order valence-electron chi connectivity index (χ3n) is 9.84. The fraction of sp³-hybridized carbons (Fsp3) is 0.818. The zero-order chi connectivity index (χ0) is 33.9. The Bertz CT molecular complexity index is 767. The van der Waals surface area contributed by atoms with Gasteiger partial charge in [0.15, 0.2) is 5.79 Å². The molecule has 0 N–H and O–H groups in total. The molecule has 1 fully saturated rings. The number of hydrogen-bond acceptors (Lipinski definition) is 3. The van der Waals surface area contributed by atoms with Crippen molar-refractivity contribution in [3.63, 3.8) is 0 Å². The van der Waals surface area contributed by atoms with Gasteiger partial charge in [-0.15, -0.1) is 0 Å². The molecule has 1 saturated heterocycles. The Morgan fingerprint density at radius 1 is 0.511 bits per heavy atom. The van der Waals surface area contributed by atoms with E-state index in [9.17, 15) is 0 Å². The Kier molecular flexibility index (Phi) is 31.1. The van der Waals surface area contributed by atoms with Crippen LogP contribution in [0.4, 0.5) is 0 Å². The van der Waals surface area contributed by atoms with Gasteiger partial charge >= 0.3 is 0 Å². The SMILES string of the molecule is CCCCC/C=C/C/C=C/CCCCCCCCC1(CCCCCCC/C=C/C/C=C/CCCCC)OCC(CCN(CC)CC)O1. The molecule has 0 bridgehead atoms. The van der Waals surface area contributed by atoms with E-state index < -0.39 is 0 Å². The number of unbranched alkanes of at least 4 members (excludes halogenated alkanes) is 17. The molecule has 0 saturated carbocycles. The maximum Gasteiger partial charge on any atom is 0.168 e. The van der Waals surface area contributed by atoms with Gasteiger partial charge in [-0.1, -0.05) is 147 Å². The molecular formula is C44H81NO2. The van der Waals surface area contributed by atoms with Crippen LogP contribution in [0.2, 0.25) is 0 Å². The molecule has 0 aromatic carbocycles. The van der Waals surface area contributed by atoms with Crippen molar-refractivity contribution in [1.29, 1.82) is 0 Å². The molecular weight excluding hydrogens is 574 g/mol. The van der Waals surface area contributed by atoms with Crippen molar-refractivity contribution in [3.05, 3.63) is 48.6 Å². The van der Waals surface area contributed by atoms with Crippen LogP contribution in [-0.4, -0.2) is 43.0 Å². The molecule has 1 heterocycles. The molecule has 274 valence electrons. The van der Waals surface area contributed by atoms with Gasteiger partial charge in [0.2, 0.25) is 0 Å². The second-order valence-electron chi connectivity index (χ2n) is 14.1. The quantitative estimate of drug-likeness (QED) is 0.0508. The lowest BCUT2D eigenvalue weighted by molar-refractivity contribution is -0.180. The second-order valence-corrected chi connectivity index (χ2v) is 14.1. The Morgan fingerprint density at radius 2 is 0.915 bits per heavy atom. The van der Waals surface area contributed by atoms with Crippen LogP contribution in [0, 0.1) is 0 Å². The molecule has 47 heavy (non-hydrogen) atoms. The van der Waals surface area contributed by atoms with Crippen molar-refractivity contribution in [2.75, 3.05) is 26.2 Å². The standard InChI is InChI=1S/C44H81NO2/c1-5-9-11-13-15-17-19-21-23-25-27-29-31-33-35-37-40-44(46-42-43(47-44)38-41-45(7-3)8-4)39-36-34-32-30-28-26-24-22-20-18-16-14-12-10-6-2/h15-18,21-24,43H,5-14,19-20,25-42H2,1-4H3/b17-15+,18-16+,23-21+,24-22+. The highest BCUT2D eigenvalue weighted by molar-refractivity contribution is 4.93. The summed E-state index contributed by atoms with van der Waals surface area (Å²) in [5.41, 5.74) is 0. The Hall–Kier alpha value is -1.16. The van der Waals surface area contributed by atoms with Gasteiger partial charge in [-0.3, -0.25) is 0 Å². The van der Waals surface area contributed by atoms with Crippen molar-refractivity contribution in [2.24, 2.45) is 0 Å². The highest BCUT2D eigenvalue weighted by Gasteiger charge is 2.40. The summed E-state index contributed by atoms with van der Waals surface area (Å²) in [6.45, 7) is 13.2. The predicted molar refractivity (Wildman–Crippen MR) is 209 cm³/mol. The van der Waals surface area contributed by atoms with Crippen molar-refractivity contribution >= 4 is 0 Å². The molecule has 3 heteroatoms. The van der Waals surface area contributed by atoms with Crippen LogP contribution >= 0.6 is 0 Å². The van der Waals surface area contributed by atoms with Gasteiger partial charge in [-0.2, -0.15) is 0 Å². The van der Waals surface area contributed by atoms with E-state index >= 15 is 0 Å². The fourth-order valence-corrected chi connectivity index (χ4v) is 6.60. The molecule has 0 aromatic heterocycles. The minimum Gasteiger partial charge on any atom is -0.347 e. The van der Waals surface area contributed by atoms with Crippen molar-refractivity contribution in [1.82, 2.24) is 4.90 Å². The van der Waals surface area contributed by atoms with Crippen LogP contribution in [0.5, 0.6) is 0 Å². The monoisotopic (exact) mass is 656 g/mol. The first-order valence-electron chi connectivity index (χ1n) is 20.8. The minimum absolute atomic E-state index is 0.262. The lowest BCUT2D eigenvalue weighted by Gasteiger charge is -2.29. The van der Waals surface area contributed by atoms with Gasteiger partial charge < -0.3 is 14.4 Å². The molecule has 0 amide bonds. The largest absolute Gasteiger partial charge is 0.347 e. The van der Waals surface area contributed by atoms with E-state index in [0.717, 1.165) is 58.3 Å². The number of rotatable bonds is 34. The van der Waals surface area contributed by atoms with Crippen molar-refractivity contribution in [2.45, 2.75) is 207 Å². The van der Waals surface area contributed by atoms with Crippen molar-refractivity contribution < 1.29 is 9.47 Å². The first-order chi connectivity index (χ1) is 23.2. The summed E-state index contributed by atoms with van der Waals surface area (Å²) in [5, 5.41) is 0. The average molecular weight is 656 g/mol. The van der Waals surface area contributed by atoms with E-state index in [1.165, 1.54) is 135 Å². The van der Waals surface area contributed by atoms with Crippen LogP contribution in [0.1, 0.15) is 195 Å². The molecule has 0 spiro atoms. The van der Waals surface area contributed by atoms with Gasteiger partial charge in [0.25, 0.3) is 0 Å². The lowest BCUT2D eigenvalue weighted by Crippen LogP contribution is -2.32. The fourth-order valence-electron chi connectivity index (χ4n) is 6.60. The molecule has 1 aliphatic heterocycles. The average Bonchev–Trinajstić information content (AvgIpc) is 3.49. The highest BCUT2D eigenvalue weighted by atomic mass is 16.7. The molecule has 2 unspecified atom stereocenters.